The van der Waals surface area contributed by atoms with Gasteiger partial charge in [0.1, 0.15) is 5.82 Å². The number of hydrogen-bond donors (Lipinski definition) is 1. The van der Waals surface area contributed by atoms with Gasteiger partial charge in [-0.25, -0.2) is 4.39 Å². The summed E-state index contributed by atoms with van der Waals surface area (Å²) in [4.78, 5) is 23.3. The lowest BCUT2D eigenvalue weighted by atomic mass is 10.1. The van der Waals surface area contributed by atoms with Crippen LogP contribution in [0.15, 0.2) is 42.5 Å². The summed E-state index contributed by atoms with van der Waals surface area (Å²) in [6, 6.07) is 10.4. The predicted octanol–water partition coefficient (Wildman–Crippen LogP) is 3.86. The van der Waals surface area contributed by atoms with Gasteiger partial charge in [0.15, 0.2) is 6.61 Å². The molecular formula is C16H12Cl2FNO3. The van der Waals surface area contributed by atoms with Crippen molar-refractivity contribution in [1.29, 1.82) is 0 Å². The van der Waals surface area contributed by atoms with E-state index in [1.54, 1.807) is 12.1 Å². The van der Waals surface area contributed by atoms with E-state index in [-0.39, 0.29) is 12.0 Å². The number of hydrogen-bond acceptors (Lipinski definition) is 3. The van der Waals surface area contributed by atoms with Gasteiger partial charge in [-0.15, -0.1) is 0 Å². The zero-order valence-electron chi connectivity index (χ0n) is 11.8. The van der Waals surface area contributed by atoms with Crippen LogP contribution >= 0.6 is 23.2 Å². The number of ether oxygens (including phenoxy) is 1. The average Bonchev–Trinajstić information content (AvgIpc) is 2.51. The molecule has 2 aromatic carbocycles. The monoisotopic (exact) mass is 355 g/mol. The van der Waals surface area contributed by atoms with Crippen molar-refractivity contribution in [1.82, 2.24) is 0 Å². The van der Waals surface area contributed by atoms with Gasteiger partial charge in [-0.05, 0) is 29.8 Å². The molecule has 0 radical (unpaired) electrons. The number of amides is 1. The van der Waals surface area contributed by atoms with E-state index in [9.17, 15) is 14.0 Å². The van der Waals surface area contributed by atoms with Crippen molar-refractivity contribution in [2.75, 3.05) is 11.9 Å². The fourth-order valence-corrected chi connectivity index (χ4v) is 2.06. The first-order chi connectivity index (χ1) is 11.0. The Balaban J connectivity index is 1.83. The van der Waals surface area contributed by atoms with E-state index in [0.717, 1.165) is 0 Å². The molecule has 0 bridgehead atoms. The first kappa shape index (κ1) is 17.2. The van der Waals surface area contributed by atoms with E-state index < -0.39 is 24.3 Å². The first-order valence-corrected chi connectivity index (χ1v) is 7.35. The molecule has 0 fully saturated rings. The van der Waals surface area contributed by atoms with Crippen molar-refractivity contribution in [3.63, 3.8) is 0 Å². The SMILES string of the molecule is O=C(COC(=O)Cc1ccccc1F)Nc1ccc(Cl)c(Cl)c1. The molecule has 1 N–H and O–H groups in total. The standard InChI is InChI=1S/C16H12Cl2FNO3/c17-12-6-5-11(8-13(12)18)20-15(21)9-23-16(22)7-10-3-1-2-4-14(10)19/h1-6,8H,7,9H2,(H,20,21). The lowest BCUT2D eigenvalue weighted by Gasteiger charge is -2.08. The molecule has 0 spiro atoms. The maximum atomic E-state index is 13.4. The quantitative estimate of drug-likeness (QED) is 0.828. The lowest BCUT2D eigenvalue weighted by molar-refractivity contribution is -0.146. The fraction of sp³-hybridized carbons (Fsp3) is 0.125. The maximum absolute atomic E-state index is 13.4. The van der Waals surface area contributed by atoms with E-state index in [2.05, 4.69) is 5.32 Å². The Kier molecular flexibility index (Phi) is 5.96. The molecule has 7 heteroatoms. The highest BCUT2D eigenvalue weighted by Crippen LogP contribution is 2.24. The Morgan fingerprint density at radius 3 is 2.52 bits per heavy atom. The number of benzene rings is 2. The van der Waals surface area contributed by atoms with Crippen LogP contribution in [-0.4, -0.2) is 18.5 Å². The molecule has 0 aliphatic heterocycles. The average molecular weight is 356 g/mol. The number of esters is 1. The van der Waals surface area contributed by atoms with Crippen molar-refractivity contribution in [3.8, 4) is 0 Å². The molecule has 0 aliphatic rings. The van der Waals surface area contributed by atoms with Gasteiger partial charge < -0.3 is 10.1 Å². The Hall–Kier alpha value is -2.11. The minimum Gasteiger partial charge on any atom is -0.455 e. The fourth-order valence-electron chi connectivity index (χ4n) is 1.77. The van der Waals surface area contributed by atoms with Gasteiger partial charge >= 0.3 is 5.97 Å². The number of anilines is 1. The molecule has 0 saturated heterocycles. The van der Waals surface area contributed by atoms with E-state index >= 15 is 0 Å². The van der Waals surface area contributed by atoms with Gasteiger partial charge in [-0.3, -0.25) is 9.59 Å². The molecule has 0 aliphatic carbocycles. The summed E-state index contributed by atoms with van der Waals surface area (Å²) in [5.41, 5.74) is 0.636. The second kappa shape index (κ2) is 7.94. The second-order valence-electron chi connectivity index (χ2n) is 4.61. The minimum absolute atomic E-state index is 0.211. The third-order valence-corrected chi connectivity index (χ3v) is 3.60. The summed E-state index contributed by atoms with van der Waals surface area (Å²) < 4.78 is 18.2. The number of carbonyl (C=O) groups excluding carboxylic acids is 2. The predicted molar refractivity (Wildman–Crippen MR) is 86.2 cm³/mol. The van der Waals surface area contributed by atoms with Crippen LogP contribution in [0.5, 0.6) is 0 Å². The third kappa shape index (κ3) is 5.23. The summed E-state index contributed by atoms with van der Waals surface area (Å²) in [5, 5.41) is 3.16. The van der Waals surface area contributed by atoms with Gasteiger partial charge in [0.05, 0.1) is 16.5 Å². The Bertz CT molecular complexity index is 737. The molecule has 2 rings (SSSR count). The molecule has 120 valence electrons. The first-order valence-electron chi connectivity index (χ1n) is 6.59. The minimum atomic E-state index is -0.695. The molecule has 0 aromatic heterocycles. The van der Waals surface area contributed by atoms with Crippen molar-refractivity contribution in [2.45, 2.75) is 6.42 Å². The summed E-state index contributed by atoms with van der Waals surface area (Å²) in [5.74, 6) is -1.73. The van der Waals surface area contributed by atoms with E-state index in [4.69, 9.17) is 27.9 Å². The Morgan fingerprint density at radius 1 is 1.09 bits per heavy atom. The van der Waals surface area contributed by atoms with E-state index in [0.29, 0.717) is 15.7 Å². The Labute approximate surface area is 142 Å². The van der Waals surface area contributed by atoms with Crippen LogP contribution in [0.2, 0.25) is 10.0 Å². The normalized spacial score (nSPS) is 10.2. The van der Waals surface area contributed by atoms with Gasteiger partial charge in [-0.2, -0.15) is 0 Å². The largest absolute Gasteiger partial charge is 0.455 e. The molecule has 23 heavy (non-hydrogen) atoms. The van der Waals surface area contributed by atoms with Crippen molar-refractivity contribution >= 4 is 40.8 Å². The smallest absolute Gasteiger partial charge is 0.310 e. The molecule has 1 amide bonds. The topological polar surface area (TPSA) is 55.4 Å². The van der Waals surface area contributed by atoms with Crippen LogP contribution in [0, 0.1) is 5.82 Å². The number of carbonyl (C=O) groups is 2. The lowest BCUT2D eigenvalue weighted by Crippen LogP contribution is -2.21. The van der Waals surface area contributed by atoms with Crippen molar-refractivity contribution in [3.05, 3.63) is 63.9 Å². The molecule has 0 atom stereocenters. The molecule has 2 aromatic rings. The molecular weight excluding hydrogens is 344 g/mol. The summed E-state index contributed by atoms with van der Waals surface area (Å²) in [7, 11) is 0. The van der Waals surface area contributed by atoms with Gasteiger partial charge in [0.2, 0.25) is 0 Å². The van der Waals surface area contributed by atoms with E-state index in [1.807, 2.05) is 0 Å². The van der Waals surface area contributed by atoms with Crippen LogP contribution in [0.25, 0.3) is 0 Å². The zero-order valence-corrected chi connectivity index (χ0v) is 13.3. The van der Waals surface area contributed by atoms with Crippen LogP contribution in [0.3, 0.4) is 0 Å². The summed E-state index contributed by atoms with van der Waals surface area (Å²) in [6.07, 6.45) is -0.243. The summed E-state index contributed by atoms with van der Waals surface area (Å²) >= 11 is 11.6. The summed E-state index contributed by atoms with van der Waals surface area (Å²) in [6.45, 7) is -0.479. The van der Waals surface area contributed by atoms with Gasteiger partial charge in [0, 0.05) is 5.69 Å². The van der Waals surface area contributed by atoms with Crippen molar-refractivity contribution in [2.24, 2.45) is 0 Å². The highest BCUT2D eigenvalue weighted by atomic mass is 35.5. The number of halogens is 3. The van der Waals surface area contributed by atoms with Crippen LogP contribution < -0.4 is 5.32 Å². The van der Waals surface area contributed by atoms with Gasteiger partial charge in [0.25, 0.3) is 5.91 Å². The molecule has 0 saturated carbocycles. The third-order valence-electron chi connectivity index (χ3n) is 2.86. The van der Waals surface area contributed by atoms with Crippen LogP contribution in [0.1, 0.15) is 5.56 Å². The molecule has 4 nitrogen and oxygen atoms in total. The van der Waals surface area contributed by atoms with E-state index in [1.165, 1.54) is 30.3 Å². The van der Waals surface area contributed by atoms with Crippen LogP contribution in [-0.2, 0) is 20.7 Å². The number of rotatable bonds is 5. The zero-order chi connectivity index (χ0) is 16.8. The van der Waals surface area contributed by atoms with Crippen LogP contribution in [0.4, 0.5) is 10.1 Å². The molecule has 0 unspecified atom stereocenters. The number of nitrogens with one attached hydrogen (secondary N) is 1. The van der Waals surface area contributed by atoms with Gasteiger partial charge in [-0.1, -0.05) is 41.4 Å². The Morgan fingerprint density at radius 2 is 1.83 bits per heavy atom. The molecule has 0 heterocycles. The second-order valence-corrected chi connectivity index (χ2v) is 5.42. The maximum Gasteiger partial charge on any atom is 0.310 e. The highest BCUT2D eigenvalue weighted by Gasteiger charge is 2.11. The van der Waals surface area contributed by atoms with Crippen molar-refractivity contribution < 1.29 is 18.7 Å². The highest BCUT2D eigenvalue weighted by molar-refractivity contribution is 6.42.